The molecule has 2 aromatic rings. The summed E-state index contributed by atoms with van der Waals surface area (Å²) < 4.78 is 0. The van der Waals surface area contributed by atoms with Gasteiger partial charge in [0.25, 0.3) is 0 Å². The van der Waals surface area contributed by atoms with Gasteiger partial charge in [0.05, 0.1) is 0 Å². The highest BCUT2D eigenvalue weighted by Gasteiger charge is 2.23. The standard InChI is InChI=1S/C19H19ClO2/c20-16-8-4-3-5-14(16)10-9-13-11-17(21)19(18(22)12-13)15-6-1-2-7-15/h3-5,8-12,15,21-22H,1-2,6-7H2. The fourth-order valence-corrected chi connectivity index (χ4v) is 3.37. The van der Waals surface area contributed by atoms with Gasteiger partial charge in [0.1, 0.15) is 11.5 Å². The largest absolute Gasteiger partial charge is 0.507 e. The molecule has 2 aromatic carbocycles. The van der Waals surface area contributed by atoms with E-state index in [0.717, 1.165) is 36.8 Å². The maximum Gasteiger partial charge on any atom is 0.123 e. The highest BCUT2D eigenvalue weighted by atomic mass is 35.5. The van der Waals surface area contributed by atoms with Crippen molar-refractivity contribution in [1.82, 2.24) is 0 Å². The quantitative estimate of drug-likeness (QED) is 0.726. The first-order chi connectivity index (χ1) is 10.6. The summed E-state index contributed by atoms with van der Waals surface area (Å²) in [6.07, 6.45) is 8.13. The smallest absolute Gasteiger partial charge is 0.123 e. The Morgan fingerprint density at radius 1 is 0.955 bits per heavy atom. The summed E-state index contributed by atoms with van der Waals surface area (Å²) in [5, 5.41) is 21.2. The molecule has 0 unspecified atom stereocenters. The van der Waals surface area contributed by atoms with Crippen LogP contribution in [0.25, 0.3) is 12.2 Å². The van der Waals surface area contributed by atoms with Gasteiger partial charge in [0, 0.05) is 10.6 Å². The molecule has 0 spiro atoms. The first-order valence-electron chi connectivity index (χ1n) is 7.63. The molecular weight excluding hydrogens is 296 g/mol. The third-order valence-corrected chi connectivity index (χ3v) is 4.63. The molecule has 1 saturated carbocycles. The monoisotopic (exact) mass is 314 g/mol. The highest BCUT2D eigenvalue weighted by Crippen LogP contribution is 2.43. The lowest BCUT2D eigenvalue weighted by molar-refractivity contribution is 0.428. The van der Waals surface area contributed by atoms with Gasteiger partial charge in [-0.1, -0.05) is 54.8 Å². The third kappa shape index (κ3) is 3.12. The number of benzene rings is 2. The Kier molecular flexibility index (Phi) is 4.39. The van der Waals surface area contributed by atoms with E-state index < -0.39 is 0 Å². The lowest BCUT2D eigenvalue weighted by Gasteiger charge is -2.14. The van der Waals surface area contributed by atoms with Crippen molar-refractivity contribution in [3.8, 4) is 11.5 Å². The Labute approximate surface area is 135 Å². The van der Waals surface area contributed by atoms with Gasteiger partial charge in [0.2, 0.25) is 0 Å². The molecular formula is C19H19ClO2. The van der Waals surface area contributed by atoms with Gasteiger partial charge in [-0.25, -0.2) is 0 Å². The van der Waals surface area contributed by atoms with Gasteiger partial charge < -0.3 is 10.2 Å². The van der Waals surface area contributed by atoms with Crippen molar-refractivity contribution in [1.29, 1.82) is 0 Å². The van der Waals surface area contributed by atoms with Crippen molar-refractivity contribution in [2.45, 2.75) is 31.6 Å². The van der Waals surface area contributed by atoms with Gasteiger partial charge in [-0.05, 0) is 48.1 Å². The average Bonchev–Trinajstić information content (AvgIpc) is 3.00. The zero-order valence-electron chi connectivity index (χ0n) is 12.3. The van der Waals surface area contributed by atoms with Crippen molar-refractivity contribution >= 4 is 23.8 Å². The van der Waals surface area contributed by atoms with Gasteiger partial charge in [-0.2, -0.15) is 0 Å². The minimum Gasteiger partial charge on any atom is -0.507 e. The maximum atomic E-state index is 10.3. The molecule has 0 aliphatic heterocycles. The Morgan fingerprint density at radius 2 is 1.59 bits per heavy atom. The molecule has 0 bridgehead atoms. The summed E-state index contributed by atoms with van der Waals surface area (Å²) in [5.74, 6) is 0.651. The highest BCUT2D eigenvalue weighted by molar-refractivity contribution is 6.32. The van der Waals surface area contributed by atoms with Crippen LogP contribution in [-0.2, 0) is 0 Å². The number of aromatic hydroxyl groups is 2. The summed E-state index contributed by atoms with van der Waals surface area (Å²) in [6, 6.07) is 11.0. The van der Waals surface area contributed by atoms with E-state index in [1.165, 1.54) is 0 Å². The summed E-state index contributed by atoms with van der Waals surface area (Å²) in [5.41, 5.74) is 2.37. The van der Waals surface area contributed by atoms with Crippen LogP contribution in [0.4, 0.5) is 0 Å². The topological polar surface area (TPSA) is 40.5 Å². The number of phenolic OH excluding ortho intramolecular Hbond substituents is 2. The number of hydrogen-bond donors (Lipinski definition) is 2. The molecule has 0 heterocycles. The fraction of sp³-hybridized carbons (Fsp3) is 0.263. The van der Waals surface area contributed by atoms with Crippen LogP contribution in [0.5, 0.6) is 11.5 Å². The Morgan fingerprint density at radius 3 is 2.23 bits per heavy atom. The van der Waals surface area contributed by atoms with Crippen LogP contribution in [0.15, 0.2) is 36.4 Å². The van der Waals surface area contributed by atoms with Crippen LogP contribution in [0, 0.1) is 0 Å². The first kappa shape index (κ1) is 15.0. The molecule has 2 N–H and O–H groups in total. The molecule has 1 aliphatic rings. The van der Waals surface area contributed by atoms with E-state index in [-0.39, 0.29) is 17.4 Å². The van der Waals surface area contributed by atoms with Crippen LogP contribution in [0.2, 0.25) is 5.02 Å². The van der Waals surface area contributed by atoms with E-state index in [1.807, 2.05) is 36.4 Å². The summed E-state index contributed by atoms with van der Waals surface area (Å²) in [6.45, 7) is 0. The molecule has 1 aliphatic carbocycles. The molecule has 0 radical (unpaired) electrons. The summed E-state index contributed by atoms with van der Waals surface area (Å²) in [7, 11) is 0. The predicted molar refractivity (Wildman–Crippen MR) is 91.4 cm³/mol. The number of hydrogen-bond acceptors (Lipinski definition) is 2. The van der Waals surface area contributed by atoms with Crippen molar-refractivity contribution in [2.75, 3.05) is 0 Å². The Balaban J connectivity index is 1.88. The second kappa shape index (κ2) is 6.45. The van der Waals surface area contributed by atoms with Crippen LogP contribution >= 0.6 is 11.6 Å². The molecule has 1 fully saturated rings. The molecule has 0 atom stereocenters. The van der Waals surface area contributed by atoms with Gasteiger partial charge in [0.15, 0.2) is 0 Å². The fourth-order valence-electron chi connectivity index (χ4n) is 3.17. The normalized spacial score (nSPS) is 15.7. The molecule has 2 nitrogen and oxygen atoms in total. The first-order valence-corrected chi connectivity index (χ1v) is 8.01. The summed E-state index contributed by atoms with van der Waals surface area (Å²) in [4.78, 5) is 0. The van der Waals surface area contributed by atoms with Crippen molar-refractivity contribution in [3.63, 3.8) is 0 Å². The molecule has 3 rings (SSSR count). The SMILES string of the molecule is Oc1cc(C=Cc2ccccc2Cl)cc(O)c1C1CCCC1. The van der Waals surface area contributed by atoms with Gasteiger partial charge >= 0.3 is 0 Å². The Bertz CT molecular complexity index is 677. The zero-order valence-corrected chi connectivity index (χ0v) is 13.1. The molecule has 22 heavy (non-hydrogen) atoms. The second-order valence-electron chi connectivity index (χ2n) is 5.81. The van der Waals surface area contributed by atoms with Crippen LogP contribution in [0.1, 0.15) is 48.3 Å². The Hall–Kier alpha value is -1.93. The zero-order chi connectivity index (χ0) is 15.5. The molecule has 0 saturated heterocycles. The summed E-state index contributed by atoms with van der Waals surface area (Å²) >= 11 is 6.11. The third-order valence-electron chi connectivity index (χ3n) is 4.28. The molecule has 0 amide bonds. The molecule has 3 heteroatoms. The van der Waals surface area contributed by atoms with E-state index in [2.05, 4.69) is 0 Å². The predicted octanol–water partition coefficient (Wildman–Crippen LogP) is 5.58. The molecule has 114 valence electrons. The van der Waals surface area contributed by atoms with E-state index in [1.54, 1.807) is 12.1 Å². The number of phenols is 2. The van der Waals surface area contributed by atoms with E-state index >= 15 is 0 Å². The van der Waals surface area contributed by atoms with Crippen molar-refractivity contribution in [3.05, 3.63) is 58.1 Å². The van der Waals surface area contributed by atoms with E-state index in [0.29, 0.717) is 10.6 Å². The van der Waals surface area contributed by atoms with Crippen LogP contribution in [-0.4, -0.2) is 10.2 Å². The minimum atomic E-state index is 0.186. The number of halogens is 1. The van der Waals surface area contributed by atoms with Crippen molar-refractivity contribution < 1.29 is 10.2 Å². The minimum absolute atomic E-state index is 0.186. The lowest BCUT2D eigenvalue weighted by atomic mass is 9.94. The van der Waals surface area contributed by atoms with Gasteiger partial charge in [-0.15, -0.1) is 0 Å². The van der Waals surface area contributed by atoms with E-state index in [4.69, 9.17) is 11.6 Å². The lowest BCUT2D eigenvalue weighted by Crippen LogP contribution is -1.94. The average molecular weight is 315 g/mol. The van der Waals surface area contributed by atoms with Crippen LogP contribution in [0.3, 0.4) is 0 Å². The number of rotatable bonds is 3. The maximum absolute atomic E-state index is 10.3. The van der Waals surface area contributed by atoms with Crippen molar-refractivity contribution in [2.24, 2.45) is 0 Å². The molecule has 0 aromatic heterocycles. The van der Waals surface area contributed by atoms with Gasteiger partial charge in [-0.3, -0.25) is 0 Å². The van der Waals surface area contributed by atoms with Crippen LogP contribution < -0.4 is 0 Å². The van der Waals surface area contributed by atoms with E-state index in [9.17, 15) is 10.2 Å². The second-order valence-corrected chi connectivity index (χ2v) is 6.22.